The maximum Gasteiger partial charge on any atom is 0 e. The Balaban J connectivity index is -0.0000000135. The van der Waals surface area contributed by atoms with E-state index in [9.17, 15) is 0 Å². The van der Waals surface area contributed by atoms with Crippen molar-refractivity contribution >= 4 is 0 Å². The third kappa shape index (κ3) is 13300. The molecule has 0 unspecified atom stereocenters. The molecule has 0 bridgehead atoms. The predicted octanol–water partition coefficient (Wildman–Crippen LogP) is 2.98. The van der Waals surface area contributed by atoms with E-state index < -0.39 is 0 Å². The zero-order chi connectivity index (χ0) is 16.8. The van der Waals surface area contributed by atoms with Crippen molar-refractivity contribution in [3.8, 4) is 0 Å². The summed E-state index contributed by atoms with van der Waals surface area (Å²) in [7, 11) is 0. The van der Waals surface area contributed by atoms with Crippen molar-refractivity contribution < 1.29 is 17.1 Å². The molecular formula is C12H13FeN6-7. The topological polar surface area (TPSA) is 143 Å². The van der Waals surface area contributed by atoms with Gasteiger partial charge in [-0.1, -0.05) is 26.2 Å². The molecule has 0 N–H and O–H groups in total. The van der Waals surface area contributed by atoms with Crippen LogP contribution in [-0.4, -0.2) is 0 Å². The standard InChI is InChI=1S/C6H13.6CN.Fe/c1-3-5-6-4-2;6*1-2;/h1,3-6H2,2H3;;;;;;;/q7*-1;. The number of nitrogens with zero attached hydrogens (tertiary/aromatic N) is 6. The van der Waals surface area contributed by atoms with E-state index in [1.54, 1.807) is 0 Å². The average molecular weight is 297 g/mol. The van der Waals surface area contributed by atoms with Crippen LogP contribution in [0.4, 0.5) is 0 Å². The minimum absolute atomic E-state index is 0. The van der Waals surface area contributed by atoms with Gasteiger partial charge in [0.05, 0.1) is 0 Å². The summed E-state index contributed by atoms with van der Waals surface area (Å²) in [5.74, 6) is 0. The van der Waals surface area contributed by atoms with Crippen molar-refractivity contribution in [2.45, 2.75) is 32.6 Å². The smallest absolute Gasteiger partial charge is 0 e. The number of hydrogen-bond donors (Lipinski definition) is 0. The first-order valence-corrected chi connectivity index (χ1v) is 4.05. The molecule has 0 atom stereocenters. The van der Waals surface area contributed by atoms with Gasteiger partial charge >= 0.3 is 0 Å². The summed E-state index contributed by atoms with van der Waals surface area (Å²) in [6.45, 7) is 34.4. The van der Waals surface area contributed by atoms with E-state index in [1.807, 2.05) is 0 Å². The Kier molecular flexibility index (Phi) is 4390. The molecule has 0 fully saturated rings. The van der Waals surface area contributed by atoms with Crippen LogP contribution >= 0.6 is 0 Å². The van der Waals surface area contributed by atoms with Gasteiger partial charge in [0, 0.05) is 17.1 Å². The van der Waals surface area contributed by atoms with E-state index in [0.29, 0.717) is 0 Å². The van der Waals surface area contributed by atoms with Crippen molar-refractivity contribution in [2.75, 3.05) is 0 Å². The summed E-state index contributed by atoms with van der Waals surface area (Å²) in [5.41, 5.74) is 0. The SMILES string of the molecule is [C-]#N.[C-]#N.[C-]#N.[C-]#N.[C-]#N.[C-]#N.[CH2-]CCCCC.[Fe]. The van der Waals surface area contributed by atoms with Gasteiger partial charge in [0.1, 0.15) is 0 Å². The van der Waals surface area contributed by atoms with Crippen LogP contribution in [0, 0.1) is 77.9 Å². The first-order valence-electron chi connectivity index (χ1n) is 4.05. The Labute approximate surface area is 128 Å². The van der Waals surface area contributed by atoms with Crippen LogP contribution in [0.15, 0.2) is 0 Å². The molecule has 7 heteroatoms. The van der Waals surface area contributed by atoms with Crippen molar-refractivity contribution in [1.29, 1.82) is 31.6 Å². The average Bonchev–Trinajstić information content (AvgIpc) is 2.57. The molecule has 0 aliphatic rings. The molecule has 106 valence electrons. The summed E-state index contributed by atoms with van der Waals surface area (Å²) in [5, 5.41) is 37.5. The Morgan fingerprint density at radius 3 is 0.895 bits per heavy atom. The first-order chi connectivity index (χ1) is 8.91. The van der Waals surface area contributed by atoms with E-state index in [0.717, 1.165) is 6.42 Å². The van der Waals surface area contributed by atoms with Gasteiger partial charge in [-0.3, -0.25) is 0 Å². The van der Waals surface area contributed by atoms with Crippen LogP contribution in [0.5, 0.6) is 0 Å². The van der Waals surface area contributed by atoms with Gasteiger partial charge in [-0.25, -0.2) is 0 Å². The van der Waals surface area contributed by atoms with E-state index in [2.05, 4.69) is 13.8 Å². The normalized spacial score (nSPS) is 3.47. The zero-order valence-electron chi connectivity index (χ0n) is 10.6. The van der Waals surface area contributed by atoms with Crippen molar-refractivity contribution in [1.82, 2.24) is 0 Å². The Morgan fingerprint density at radius 1 is 0.632 bits per heavy atom. The van der Waals surface area contributed by atoms with Crippen molar-refractivity contribution in [2.24, 2.45) is 0 Å². The van der Waals surface area contributed by atoms with Gasteiger partial charge in [-0.15, -0.1) is 0 Å². The third-order valence-corrected chi connectivity index (χ3v) is 0.854. The molecule has 0 saturated carbocycles. The second-order valence-electron chi connectivity index (χ2n) is 1.56. The van der Waals surface area contributed by atoms with E-state index in [1.165, 1.54) is 19.3 Å². The molecule has 0 aliphatic carbocycles. The summed E-state index contributed by atoms with van der Waals surface area (Å²) in [4.78, 5) is 0. The second kappa shape index (κ2) is 1520. The molecule has 0 heterocycles. The number of unbranched alkanes of at least 4 members (excludes halogenated alkanes) is 3. The quantitative estimate of drug-likeness (QED) is 0.445. The van der Waals surface area contributed by atoms with Crippen LogP contribution in [0.1, 0.15) is 32.6 Å². The summed E-state index contributed by atoms with van der Waals surface area (Å²) in [6, 6.07) is 0. The third-order valence-electron chi connectivity index (χ3n) is 0.854. The van der Waals surface area contributed by atoms with Gasteiger partial charge in [0.15, 0.2) is 0 Å². The molecule has 0 saturated heterocycles. The molecule has 0 aromatic carbocycles. The number of rotatable bonds is 3. The van der Waals surface area contributed by atoms with Gasteiger partial charge in [-0.05, 0) is 0 Å². The molecule has 0 radical (unpaired) electrons. The minimum Gasteiger partial charge on any atom is -0.512 e. The molecule has 0 rings (SSSR count). The zero-order valence-corrected chi connectivity index (χ0v) is 11.7. The van der Waals surface area contributed by atoms with Gasteiger partial charge < -0.3 is 77.9 Å². The van der Waals surface area contributed by atoms with Crippen LogP contribution in [0.25, 0.3) is 0 Å². The Morgan fingerprint density at radius 2 is 0.842 bits per heavy atom. The van der Waals surface area contributed by atoms with Crippen molar-refractivity contribution in [3.63, 3.8) is 0 Å². The fraction of sp³-hybridized carbons (Fsp3) is 0.417. The summed E-state index contributed by atoms with van der Waals surface area (Å²) < 4.78 is 0. The fourth-order valence-electron chi connectivity index (χ4n) is 0.427. The van der Waals surface area contributed by atoms with Crippen molar-refractivity contribution in [3.05, 3.63) is 46.4 Å². The van der Waals surface area contributed by atoms with E-state index in [-0.39, 0.29) is 17.1 Å². The molecule has 19 heavy (non-hydrogen) atoms. The minimum atomic E-state index is 0. The fourth-order valence-corrected chi connectivity index (χ4v) is 0.427. The molecule has 0 aromatic heterocycles. The monoisotopic (exact) mass is 297 g/mol. The largest absolute Gasteiger partial charge is 0.512 e. The molecule has 0 amide bonds. The molecule has 0 aromatic rings. The maximum atomic E-state index is 6.25. The Bertz CT molecular complexity index is 139. The predicted molar refractivity (Wildman–Crippen MR) is 59.3 cm³/mol. The van der Waals surface area contributed by atoms with E-state index >= 15 is 0 Å². The van der Waals surface area contributed by atoms with Crippen LogP contribution in [-0.2, 0) is 17.1 Å². The van der Waals surface area contributed by atoms with Crippen LogP contribution in [0.3, 0.4) is 0 Å². The first kappa shape index (κ1) is 55.0. The van der Waals surface area contributed by atoms with E-state index in [4.69, 9.17) is 71.0 Å². The molecular weight excluding hydrogens is 284 g/mol. The molecule has 6 nitrogen and oxygen atoms in total. The Hall–Kier alpha value is -2.54. The maximum absolute atomic E-state index is 6.25. The summed E-state index contributed by atoms with van der Waals surface area (Å²) in [6.07, 6.45) is 5.07. The van der Waals surface area contributed by atoms with Gasteiger partial charge in [0.25, 0.3) is 0 Å². The number of hydrogen-bond acceptors (Lipinski definition) is 6. The molecule has 0 spiro atoms. The summed E-state index contributed by atoms with van der Waals surface area (Å²) >= 11 is 0. The van der Waals surface area contributed by atoms with Gasteiger partial charge in [0.2, 0.25) is 0 Å². The van der Waals surface area contributed by atoms with Crippen LogP contribution in [0.2, 0.25) is 0 Å². The van der Waals surface area contributed by atoms with Crippen LogP contribution < -0.4 is 0 Å². The van der Waals surface area contributed by atoms with Gasteiger partial charge in [-0.2, -0.15) is 6.42 Å². The molecule has 0 aliphatic heterocycles. The second-order valence-corrected chi connectivity index (χ2v) is 1.56.